The molecule has 11 rings (SSSR count). The number of fused-ring (bicyclic) bond motifs is 5. The van der Waals surface area contributed by atoms with Crippen molar-refractivity contribution in [1.29, 1.82) is 0 Å². The van der Waals surface area contributed by atoms with Gasteiger partial charge in [0.1, 0.15) is 45.5 Å². The molecule has 1 saturated carbocycles. The standard InChI is InChI=1S/C42H42N6O7/c1-21-10-30(49)37-31(52-21)16-32-36(38(37)50)27-11-23-6-8-42(27,40(2,3)53-32)55-39(51)41(17-23)33(54-41)5-4-22-12-28(47-34(43)13-22)25-14-26(46-35(44)15-25)19-48-18-24-7-9-45-29(24)20-48/h7,9-10,12-16,20,23,27,33,50H,4-6,8,11,17-19H2,1-3H3,(H2,43,47)(H2,44,46)/t23-,27+,33+,41-,42+/m0/s1. The summed E-state index contributed by atoms with van der Waals surface area (Å²) >= 11 is 0. The normalized spacial score (nSPS) is 28.2. The fourth-order valence-electron chi connectivity index (χ4n) is 9.98. The van der Waals surface area contributed by atoms with Gasteiger partial charge in [0.25, 0.3) is 0 Å². The average Bonchev–Trinajstić information content (AvgIpc) is 3.41. The summed E-state index contributed by atoms with van der Waals surface area (Å²) in [5, 5.41) is 11.8. The van der Waals surface area contributed by atoms with E-state index in [0.717, 1.165) is 35.5 Å². The maximum absolute atomic E-state index is 14.3. The van der Waals surface area contributed by atoms with E-state index in [1.54, 1.807) is 19.1 Å². The lowest BCUT2D eigenvalue weighted by Crippen LogP contribution is -2.66. The summed E-state index contributed by atoms with van der Waals surface area (Å²) in [5.74, 6) is 0.833. The van der Waals surface area contributed by atoms with Crippen LogP contribution in [0.25, 0.3) is 22.2 Å². The Kier molecular flexibility index (Phi) is 7.17. The van der Waals surface area contributed by atoms with Gasteiger partial charge in [-0.15, -0.1) is 0 Å². The summed E-state index contributed by atoms with van der Waals surface area (Å²) in [5.41, 5.74) is 15.4. The first-order valence-corrected chi connectivity index (χ1v) is 18.9. The number of benzene rings is 1. The summed E-state index contributed by atoms with van der Waals surface area (Å²) in [4.78, 5) is 43.2. The van der Waals surface area contributed by atoms with Crippen molar-refractivity contribution in [3.8, 4) is 22.8 Å². The van der Waals surface area contributed by atoms with Crippen molar-refractivity contribution in [3.05, 3.63) is 92.7 Å². The topological polar surface area (TPSA) is 192 Å². The number of pyridine rings is 2. The molecule has 0 radical (unpaired) electrons. The number of allylic oxidation sites excluding steroid dienone is 1. The average molecular weight is 743 g/mol. The summed E-state index contributed by atoms with van der Waals surface area (Å²) in [6, 6.07) is 10.7. The van der Waals surface area contributed by atoms with Gasteiger partial charge in [0.05, 0.1) is 29.7 Å². The minimum Gasteiger partial charge on any atom is -0.507 e. The molecule has 6 aliphatic heterocycles. The Morgan fingerprint density at radius 1 is 1.04 bits per heavy atom. The lowest BCUT2D eigenvalue weighted by Gasteiger charge is -2.58. The molecule has 3 saturated heterocycles. The Balaban J connectivity index is 0.886. The third kappa shape index (κ3) is 5.26. The van der Waals surface area contributed by atoms with Crippen molar-refractivity contribution in [2.75, 3.05) is 18.0 Å². The number of phenolic OH excluding ortho intramolecular Hbond substituents is 1. The first kappa shape index (κ1) is 33.8. The Morgan fingerprint density at radius 2 is 1.87 bits per heavy atom. The highest BCUT2D eigenvalue weighted by Gasteiger charge is 2.71. The highest BCUT2D eigenvalue weighted by Crippen LogP contribution is 2.64. The number of epoxide rings is 1. The van der Waals surface area contributed by atoms with E-state index in [9.17, 15) is 14.7 Å². The van der Waals surface area contributed by atoms with E-state index >= 15 is 0 Å². The summed E-state index contributed by atoms with van der Waals surface area (Å²) in [6.07, 6.45) is 9.25. The first-order valence-electron chi connectivity index (χ1n) is 18.9. The molecule has 2 spiro atoms. The van der Waals surface area contributed by atoms with Gasteiger partial charge in [-0.2, -0.15) is 0 Å². The van der Waals surface area contributed by atoms with Crippen molar-refractivity contribution in [2.45, 2.75) is 94.7 Å². The van der Waals surface area contributed by atoms with E-state index in [1.165, 1.54) is 11.6 Å². The molecule has 1 aliphatic carbocycles. The fourth-order valence-corrected chi connectivity index (χ4v) is 9.98. The molecule has 13 nitrogen and oxygen atoms in total. The lowest BCUT2D eigenvalue weighted by molar-refractivity contribution is -0.219. The van der Waals surface area contributed by atoms with Crippen LogP contribution in [0.1, 0.15) is 74.5 Å². The van der Waals surface area contributed by atoms with Crippen LogP contribution < -0.4 is 21.6 Å². The minimum absolute atomic E-state index is 0.109. The molecule has 282 valence electrons. The number of anilines is 2. The molecular weight excluding hydrogens is 700 g/mol. The molecule has 9 heterocycles. The number of aromatic hydroxyl groups is 1. The SMILES string of the molecule is Cc1cc(=O)c2c(O)c3c(cc2o1)OC(C)(C)[C@@]12CC[C@@H](C[C@H]31)C[C@@]1(O[C@@H]1CCc1cc(N)nc(-c3cc(N)nc(CN4C=C5N=CC=C5C4)c3)c1)C(=O)O2. The molecule has 5 atom stereocenters. The van der Waals surface area contributed by atoms with Gasteiger partial charge in [-0.3, -0.25) is 9.79 Å². The van der Waals surface area contributed by atoms with Crippen molar-refractivity contribution >= 4 is 34.8 Å². The van der Waals surface area contributed by atoms with Crippen LogP contribution in [0.4, 0.5) is 11.6 Å². The number of carbonyl (C=O) groups is 1. The number of nitrogens with zero attached hydrogens (tertiary/aromatic N) is 4. The number of phenols is 1. The van der Waals surface area contributed by atoms with Crippen LogP contribution >= 0.6 is 0 Å². The smallest absolute Gasteiger partial charge is 0.341 e. The number of hydrogen-bond acceptors (Lipinski definition) is 13. The second kappa shape index (κ2) is 11.7. The lowest BCUT2D eigenvalue weighted by atomic mass is 9.58. The van der Waals surface area contributed by atoms with Crippen LogP contribution in [0.15, 0.2) is 74.1 Å². The molecule has 5 N–H and O–H groups in total. The van der Waals surface area contributed by atoms with Crippen LogP contribution in [-0.4, -0.2) is 61.6 Å². The number of aryl methyl sites for hydroxylation is 2. The summed E-state index contributed by atoms with van der Waals surface area (Å²) < 4.78 is 25.4. The Bertz CT molecular complexity index is 2510. The van der Waals surface area contributed by atoms with Crippen molar-refractivity contribution < 1.29 is 28.5 Å². The quantitative estimate of drug-likeness (QED) is 0.164. The zero-order valence-corrected chi connectivity index (χ0v) is 30.9. The zero-order valence-electron chi connectivity index (χ0n) is 30.9. The third-order valence-electron chi connectivity index (χ3n) is 12.6. The molecule has 1 aromatic carbocycles. The largest absolute Gasteiger partial charge is 0.507 e. The molecule has 0 amide bonds. The number of aliphatic imine (C=N–C) groups is 1. The predicted octanol–water partition coefficient (Wildman–Crippen LogP) is 5.61. The number of aromatic nitrogens is 2. The maximum atomic E-state index is 14.3. The molecule has 55 heavy (non-hydrogen) atoms. The van der Waals surface area contributed by atoms with Crippen LogP contribution in [0, 0.1) is 12.8 Å². The molecule has 3 aromatic heterocycles. The molecule has 0 unspecified atom stereocenters. The predicted molar refractivity (Wildman–Crippen MR) is 204 cm³/mol. The van der Waals surface area contributed by atoms with Gasteiger partial charge >= 0.3 is 5.97 Å². The van der Waals surface area contributed by atoms with E-state index in [-0.39, 0.29) is 40.1 Å². The van der Waals surface area contributed by atoms with Gasteiger partial charge < -0.3 is 40.1 Å². The zero-order chi connectivity index (χ0) is 38.0. The fraction of sp³-hybridized carbons (Fsp3) is 0.405. The number of esters is 1. The van der Waals surface area contributed by atoms with Crippen molar-refractivity contribution in [2.24, 2.45) is 10.9 Å². The highest BCUT2D eigenvalue weighted by molar-refractivity contribution is 5.88. The molecule has 4 fully saturated rings. The van der Waals surface area contributed by atoms with Crippen LogP contribution in [0.5, 0.6) is 11.5 Å². The van der Waals surface area contributed by atoms with Gasteiger partial charge in [-0.05, 0) is 101 Å². The van der Waals surface area contributed by atoms with Gasteiger partial charge in [-0.1, -0.05) is 0 Å². The second-order valence-corrected chi connectivity index (χ2v) is 16.5. The van der Waals surface area contributed by atoms with Crippen molar-refractivity contribution in [3.63, 3.8) is 0 Å². The van der Waals surface area contributed by atoms with Gasteiger partial charge in [0, 0.05) is 53.7 Å². The first-order chi connectivity index (χ1) is 26.3. The van der Waals surface area contributed by atoms with Gasteiger partial charge in [0.15, 0.2) is 16.6 Å². The van der Waals surface area contributed by atoms with E-state index in [0.29, 0.717) is 73.1 Å². The molecule has 13 heteroatoms. The molecule has 4 aromatic rings. The number of nitrogen functional groups attached to an aromatic ring is 2. The number of carbonyl (C=O) groups excluding carboxylic acids is 1. The van der Waals surface area contributed by atoms with E-state index in [1.807, 2.05) is 50.5 Å². The molecular formula is C42H42N6O7. The number of ether oxygens (including phenoxy) is 3. The van der Waals surface area contributed by atoms with Crippen molar-refractivity contribution in [1.82, 2.24) is 14.9 Å². The molecule has 2 bridgehead atoms. The highest BCUT2D eigenvalue weighted by atomic mass is 16.7. The van der Waals surface area contributed by atoms with E-state index in [2.05, 4.69) is 19.9 Å². The third-order valence-corrected chi connectivity index (χ3v) is 12.6. The Morgan fingerprint density at radius 3 is 2.71 bits per heavy atom. The molecule has 7 aliphatic rings. The number of nitrogens with two attached hydrogens (primary N) is 2. The second-order valence-electron chi connectivity index (χ2n) is 16.5. The van der Waals surface area contributed by atoms with Crippen LogP contribution in [0.3, 0.4) is 0 Å². The van der Waals surface area contributed by atoms with Crippen LogP contribution in [0.2, 0.25) is 0 Å². The van der Waals surface area contributed by atoms with E-state index < -0.39 is 22.8 Å². The summed E-state index contributed by atoms with van der Waals surface area (Å²) in [7, 11) is 0. The monoisotopic (exact) mass is 742 g/mol. The maximum Gasteiger partial charge on any atom is 0.341 e. The summed E-state index contributed by atoms with van der Waals surface area (Å²) in [6.45, 7) is 6.89. The van der Waals surface area contributed by atoms with Gasteiger partial charge in [-0.25, -0.2) is 14.8 Å². The number of hydrogen-bond donors (Lipinski definition) is 3. The van der Waals surface area contributed by atoms with E-state index in [4.69, 9.17) is 30.1 Å². The van der Waals surface area contributed by atoms with Gasteiger partial charge in [0.2, 0.25) is 0 Å². The Hall–Kier alpha value is -5.69. The minimum atomic E-state index is -1.08. The van der Waals surface area contributed by atoms with Crippen LogP contribution in [-0.2, 0) is 27.2 Å². The Labute approximate surface area is 316 Å². The number of rotatable bonds is 6.